The quantitative estimate of drug-likeness (QED) is 0.317. The Hall–Kier alpha value is -3.13. The molecule has 0 saturated carbocycles. The van der Waals surface area contributed by atoms with Crippen LogP contribution in [0.1, 0.15) is 11.1 Å². The highest BCUT2D eigenvalue weighted by Crippen LogP contribution is 2.22. The molecule has 0 atom stereocenters. The average molecular weight is 353 g/mol. The number of urea groups is 1. The summed E-state index contributed by atoms with van der Waals surface area (Å²) >= 11 is 1.43. The maximum Gasteiger partial charge on any atom is 0.332 e. The standard InChI is InChI=1S/C17H15N5O2S/c18-17(24)21-19-10-13-15(25-11-12-6-2-1-3-7-12)20-14-8-4-5-9-22(14)16(13)23/h1-10H,11H2,(H3,18,21,24)/b19-10-. The average Bonchev–Trinajstić information content (AvgIpc) is 2.63. The Kier molecular flexibility index (Phi) is 5.10. The molecule has 7 nitrogen and oxygen atoms in total. The van der Waals surface area contributed by atoms with Gasteiger partial charge in [-0.2, -0.15) is 5.10 Å². The van der Waals surface area contributed by atoms with Gasteiger partial charge in [0.05, 0.1) is 11.8 Å². The minimum absolute atomic E-state index is 0.267. The molecule has 0 aliphatic rings. The predicted octanol–water partition coefficient (Wildman–Crippen LogP) is 1.99. The fraction of sp³-hybridized carbons (Fsp3) is 0.0588. The van der Waals surface area contributed by atoms with Crippen molar-refractivity contribution in [1.29, 1.82) is 0 Å². The topological polar surface area (TPSA) is 102 Å². The van der Waals surface area contributed by atoms with Crippen molar-refractivity contribution in [3.05, 3.63) is 76.2 Å². The zero-order valence-corrected chi connectivity index (χ0v) is 13.9. The maximum absolute atomic E-state index is 12.7. The van der Waals surface area contributed by atoms with Gasteiger partial charge in [-0.1, -0.05) is 36.4 Å². The molecule has 0 spiro atoms. The summed E-state index contributed by atoms with van der Waals surface area (Å²) in [7, 11) is 0. The molecular formula is C17H15N5O2S. The van der Waals surface area contributed by atoms with Crippen LogP contribution in [0, 0.1) is 0 Å². The number of nitrogens with one attached hydrogen (secondary N) is 1. The number of hydrogen-bond donors (Lipinski definition) is 2. The van der Waals surface area contributed by atoms with Gasteiger partial charge >= 0.3 is 6.03 Å². The van der Waals surface area contributed by atoms with Gasteiger partial charge in [-0.05, 0) is 17.7 Å². The number of nitrogens with two attached hydrogens (primary N) is 1. The van der Waals surface area contributed by atoms with E-state index in [4.69, 9.17) is 5.73 Å². The van der Waals surface area contributed by atoms with E-state index in [2.05, 4.69) is 15.5 Å². The number of fused-ring (bicyclic) bond motifs is 1. The molecule has 0 aliphatic heterocycles. The van der Waals surface area contributed by atoms with Gasteiger partial charge in [-0.25, -0.2) is 15.2 Å². The monoisotopic (exact) mass is 353 g/mol. The van der Waals surface area contributed by atoms with Crippen molar-refractivity contribution in [3.63, 3.8) is 0 Å². The van der Waals surface area contributed by atoms with E-state index in [-0.39, 0.29) is 5.56 Å². The van der Waals surface area contributed by atoms with E-state index in [1.807, 2.05) is 36.4 Å². The summed E-state index contributed by atoms with van der Waals surface area (Å²) in [5.74, 6) is 0.653. The molecule has 0 unspecified atom stereocenters. The maximum atomic E-state index is 12.7. The van der Waals surface area contributed by atoms with Crippen LogP contribution in [0.4, 0.5) is 4.79 Å². The molecule has 2 heterocycles. The van der Waals surface area contributed by atoms with E-state index in [0.29, 0.717) is 22.0 Å². The van der Waals surface area contributed by atoms with E-state index in [9.17, 15) is 9.59 Å². The lowest BCUT2D eigenvalue weighted by atomic mass is 10.2. The molecule has 1 aromatic carbocycles. The minimum atomic E-state index is -0.802. The smallest absolute Gasteiger partial charge is 0.332 e. The van der Waals surface area contributed by atoms with Crippen molar-refractivity contribution in [2.75, 3.05) is 0 Å². The second-order valence-electron chi connectivity index (χ2n) is 5.07. The number of nitrogens with zero attached hydrogens (tertiary/aromatic N) is 3. The Balaban J connectivity index is 2.00. The van der Waals surface area contributed by atoms with Crippen molar-refractivity contribution in [1.82, 2.24) is 14.8 Å². The van der Waals surface area contributed by atoms with Crippen molar-refractivity contribution < 1.29 is 4.79 Å². The molecule has 8 heteroatoms. The first-order valence-electron chi connectivity index (χ1n) is 7.42. The highest BCUT2D eigenvalue weighted by atomic mass is 32.2. The number of hydrazone groups is 1. The Morgan fingerprint density at radius 3 is 2.76 bits per heavy atom. The fourth-order valence-corrected chi connectivity index (χ4v) is 3.14. The van der Waals surface area contributed by atoms with Gasteiger partial charge in [0.25, 0.3) is 5.56 Å². The molecule has 3 rings (SSSR count). The summed E-state index contributed by atoms with van der Waals surface area (Å²) in [5, 5.41) is 4.25. The van der Waals surface area contributed by atoms with Gasteiger partial charge in [0, 0.05) is 11.9 Å². The number of pyridine rings is 1. The van der Waals surface area contributed by atoms with Gasteiger partial charge in [0.1, 0.15) is 10.7 Å². The molecule has 0 bridgehead atoms. The fourth-order valence-electron chi connectivity index (χ4n) is 2.19. The summed E-state index contributed by atoms with van der Waals surface area (Å²) in [4.78, 5) is 28.0. The summed E-state index contributed by atoms with van der Waals surface area (Å²) in [6.45, 7) is 0. The van der Waals surface area contributed by atoms with Gasteiger partial charge in [-0.15, -0.1) is 11.8 Å². The lowest BCUT2D eigenvalue weighted by Gasteiger charge is -2.08. The molecule has 0 aliphatic carbocycles. The number of hydrogen-bond acceptors (Lipinski definition) is 5. The predicted molar refractivity (Wildman–Crippen MR) is 97.8 cm³/mol. The summed E-state index contributed by atoms with van der Waals surface area (Å²) < 4.78 is 1.43. The van der Waals surface area contributed by atoms with E-state index in [1.165, 1.54) is 22.4 Å². The number of amides is 2. The van der Waals surface area contributed by atoms with Gasteiger partial charge in [-0.3, -0.25) is 9.20 Å². The van der Waals surface area contributed by atoms with Gasteiger partial charge in [0.2, 0.25) is 0 Å². The number of carbonyl (C=O) groups excluding carboxylic acids is 1. The highest BCUT2D eigenvalue weighted by Gasteiger charge is 2.12. The molecule has 25 heavy (non-hydrogen) atoms. The Bertz CT molecular complexity index is 985. The summed E-state index contributed by atoms with van der Waals surface area (Å²) in [6, 6.07) is 14.4. The molecule has 0 radical (unpaired) electrons. The Labute approximate surface area is 147 Å². The van der Waals surface area contributed by atoms with Crippen molar-refractivity contribution in [2.24, 2.45) is 10.8 Å². The van der Waals surface area contributed by atoms with Crippen LogP contribution in [0.15, 0.2) is 69.6 Å². The van der Waals surface area contributed by atoms with Crippen LogP contribution < -0.4 is 16.7 Å². The number of carbonyl (C=O) groups is 1. The van der Waals surface area contributed by atoms with Crippen molar-refractivity contribution >= 4 is 29.7 Å². The number of aromatic nitrogens is 2. The number of benzene rings is 1. The van der Waals surface area contributed by atoms with E-state index < -0.39 is 6.03 Å². The van der Waals surface area contributed by atoms with E-state index in [0.717, 1.165) is 5.56 Å². The molecule has 2 amide bonds. The summed E-state index contributed by atoms with van der Waals surface area (Å²) in [6.07, 6.45) is 2.90. The van der Waals surface area contributed by atoms with E-state index in [1.54, 1.807) is 18.3 Å². The molecule has 3 aromatic rings. The first-order chi connectivity index (χ1) is 12.1. The van der Waals surface area contributed by atoms with Crippen LogP contribution in [-0.4, -0.2) is 21.6 Å². The van der Waals surface area contributed by atoms with Crippen LogP contribution in [0.2, 0.25) is 0 Å². The molecule has 2 aromatic heterocycles. The molecular weight excluding hydrogens is 338 g/mol. The van der Waals surface area contributed by atoms with Crippen LogP contribution in [0.3, 0.4) is 0 Å². The summed E-state index contributed by atoms with van der Waals surface area (Å²) in [5.41, 5.74) is 8.76. The highest BCUT2D eigenvalue weighted by molar-refractivity contribution is 7.98. The zero-order valence-electron chi connectivity index (χ0n) is 13.1. The van der Waals surface area contributed by atoms with Gasteiger partial charge < -0.3 is 5.73 Å². The van der Waals surface area contributed by atoms with Crippen LogP contribution in [0.25, 0.3) is 5.65 Å². The third kappa shape index (κ3) is 4.04. The normalized spacial score (nSPS) is 11.0. The third-order valence-corrected chi connectivity index (χ3v) is 4.38. The van der Waals surface area contributed by atoms with Gasteiger partial charge in [0.15, 0.2) is 0 Å². The third-order valence-electron chi connectivity index (χ3n) is 3.32. The lowest BCUT2D eigenvalue weighted by molar-refractivity contribution is 0.249. The van der Waals surface area contributed by atoms with Crippen LogP contribution in [0.5, 0.6) is 0 Å². The Morgan fingerprint density at radius 1 is 1.24 bits per heavy atom. The Morgan fingerprint density at radius 2 is 2.00 bits per heavy atom. The first-order valence-corrected chi connectivity index (χ1v) is 8.40. The number of rotatable bonds is 5. The first kappa shape index (κ1) is 16.7. The largest absolute Gasteiger partial charge is 0.350 e. The number of primary amides is 1. The second kappa shape index (κ2) is 7.63. The molecule has 3 N–H and O–H groups in total. The van der Waals surface area contributed by atoms with Crippen molar-refractivity contribution in [2.45, 2.75) is 10.8 Å². The number of thioether (sulfide) groups is 1. The SMILES string of the molecule is NC(=O)N/N=C\c1c(SCc2ccccc2)nc2ccccn2c1=O. The second-order valence-corrected chi connectivity index (χ2v) is 6.04. The van der Waals surface area contributed by atoms with E-state index >= 15 is 0 Å². The lowest BCUT2D eigenvalue weighted by Crippen LogP contribution is -2.26. The van der Waals surface area contributed by atoms with Crippen molar-refractivity contribution in [3.8, 4) is 0 Å². The van der Waals surface area contributed by atoms with Crippen LogP contribution in [-0.2, 0) is 5.75 Å². The molecule has 126 valence electrons. The minimum Gasteiger partial charge on any atom is -0.350 e. The zero-order chi connectivity index (χ0) is 17.6. The van der Waals surface area contributed by atoms with Crippen LogP contribution >= 0.6 is 11.8 Å². The molecule has 0 fully saturated rings. The molecule has 0 saturated heterocycles.